The highest BCUT2D eigenvalue weighted by Crippen LogP contribution is 2.55. The molecule has 3 aliphatic rings. The van der Waals surface area contributed by atoms with Crippen LogP contribution in [0.15, 0.2) is 158 Å². The van der Waals surface area contributed by atoms with Crippen LogP contribution in [0.2, 0.25) is 0 Å². The summed E-state index contributed by atoms with van der Waals surface area (Å²) in [5.41, 5.74) is 22.3. The molecule has 0 saturated heterocycles. The minimum atomic E-state index is -0.431. The first-order valence-electron chi connectivity index (χ1n) is 51.0. The number of amides is 4. The summed E-state index contributed by atoms with van der Waals surface area (Å²) in [4.78, 5) is 83.3. The Kier molecular flexibility index (Phi) is 38.2. The molecule has 770 valence electrons. The molecular formula is C122H134N8O4S14. The molecule has 0 bridgehead atoms. The second kappa shape index (κ2) is 49.3. The van der Waals surface area contributed by atoms with E-state index in [9.17, 15) is 19.2 Å². The number of hydrogen-bond donors (Lipinski definition) is 0. The molecule has 19 heterocycles. The molecule has 0 unspecified atom stereocenters. The molecule has 2 aliphatic heterocycles. The lowest BCUT2D eigenvalue weighted by atomic mass is 9.86. The van der Waals surface area contributed by atoms with Crippen LogP contribution in [0.5, 0.6) is 0 Å². The van der Waals surface area contributed by atoms with E-state index in [0.717, 1.165) is 51.9 Å². The fourth-order valence-electron chi connectivity index (χ4n) is 18.3. The Labute approximate surface area is 926 Å². The minimum absolute atomic E-state index is 0.336. The van der Waals surface area contributed by atoms with Crippen molar-refractivity contribution in [3.63, 3.8) is 0 Å². The minimum Gasteiger partial charge on any atom is -0.344 e. The normalized spacial score (nSPS) is 11.7. The van der Waals surface area contributed by atoms with E-state index in [4.69, 9.17) is 9.97 Å². The molecule has 4 amide bonds. The van der Waals surface area contributed by atoms with E-state index in [1.54, 1.807) is 34.0 Å². The number of imide groups is 2. The molecule has 0 N–H and O–H groups in total. The third-order valence-corrected chi connectivity index (χ3v) is 43.8. The van der Waals surface area contributed by atoms with Gasteiger partial charge in [0.2, 0.25) is 0 Å². The van der Waals surface area contributed by atoms with Crippen LogP contribution in [0.1, 0.15) is 235 Å². The first-order valence-corrected chi connectivity index (χ1v) is 62.4. The molecule has 0 saturated carbocycles. The molecule has 8 aromatic carbocycles. The molecule has 0 atom stereocenters. The number of carbonyl (C=O) groups is 4. The van der Waals surface area contributed by atoms with Crippen LogP contribution in [0.25, 0.3) is 184 Å². The first kappa shape index (κ1) is 115. The molecule has 0 spiro atoms. The van der Waals surface area contributed by atoms with E-state index in [-0.39, 0.29) is 0 Å². The van der Waals surface area contributed by atoms with Crippen molar-refractivity contribution >= 4 is 343 Å². The predicted molar refractivity (Wildman–Crippen MR) is 675 cm³/mol. The van der Waals surface area contributed by atoms with E-state index < -0.39 is 23.6 Å². The van der Waals surface area contributed by atoms with Gasteiger partial charge in [-0.3, -0.25) is 29.0 Å². The maximum absolute atomic E-state index is 12.3. The number of thiazole rings is 2. The zero-order valence-electron chi connectivity index (χ0n) is 91.9. The van der Waals surface area contributed by atoms with Crippen molar-refractivity contribution in [3.05, 3.63) is 262 Å². The fourth-order valence-corrected chi connectivity index (χ4v) is 36.2. The third kappa shape index (κ3) is 20.8. The summed E-state index contributed by atoms with van der Waals surface area (Å²) in [6.45, 7) is 67.1. The van der Waals surface area contributed by atoms with E-state index in [1.165, 1.54) is 251 Å². The molecule has 148 heavy (non-hydrogen) atoms. The van der Waals surface area contributed by atoms with Crippen molar-refractivity contribution in [1.29, 1.82) is 0 Å². The van der Waals surface area contributed by atoms with Gasteiger partial charge in [-0.15, -0.1) is 136 Å². The molecule has 0 fully saturated rings. The lowest BCUT2D eigenvalue weighted by Gasteiger charge is -2.29. The lowest BCUT2D eigenvalue weighted by molar-refractivity contribution is 0.0629. The number of rotatable bonds is 0. The van der Waals surface area contributed by atoms with Gasteiger partial charge >= 0.3 is 0 Å². The van der Waals surface area contributed by atoms with E-state index in [1.807, 2.05) is 249 Å². The van der Waals surface area contributed by atoms with Crippen molar-refractivity contribution < 1.29 is 19.2 Å². The number of benzene rings is 8. The van der Waals surface area contributed by atoms with Gasteiger partial charge in [-0.2, -0.15) is 0 Å². The summed E-state index contributed by atoms with van der Waals surface area (Å²) >= 11 is 26.6. The topological polar surface area (TPSA) is 136 Å². The van der Waals surface area contributed by atoms with Crippen LogP contribution >= 0.6 is 159 Å². The largest absolute Gasteiger partial charge is 0.344 e. The number of aromatic nitrogens is 6. The third-order valence-electron chi connectivity index (χ3n) is 25.8. The Bertz CT molecular complexity index is 8600. The van der Waals surface area contributed by atoms with E-state index in [2.05, 4.69) is 264 Å². The zero-order chi connectivity index (χ0) is 108. The smallest absolute Gasteiger partial charge is 0.261 e. The maximum Gasteiger partial charge on any atom is 0.261 e. The summed E-state index contributed by atoms with van der Waals surface area (Å²) in [5.74, 6) is -1.72. The fraction of sp³-hybridized carbons (Fsp3) is 0.295. The van der Waals surface area contributed by atoms with Crippen molar-refractivity contribution in [3.8, 4) is 22.5 Å². The summed E-state index contributed by atoms with van der Waals surface area (Å²) in [7, 11) is 7.14. The summed E-state index contributed by atoms with van der Waals surface area (Å²) in [6.07, 6.45) is 0. The SMILES string of the molecule is CC.CC.CC.CC.CC.CC.CC.CC.CN1C(=O)c2ccc3c4c(ccc(c24)C1=O)C(=O)N(C)C3=O.Cc1nc2sc(C)nc2s1.Cc1sc(C)c2nc3c(nc12)-c1cccc2cccc-3c12.Cc1sc2c(sc3c(C)c(C)sc32)c1C.Cc1sc2c(sc3c4sc(C)c(C)c4sc23)c1C.Cc1sc2c3sc(C)c(C)c3n(C)c2c1C.Cn1c2ccccc2c2ccccc21.c1ccc2c(c1)sc1c3ccccc3sc21. The van der Waals surface area contributed by atoms with Gasteiger partial charge in [0.15, 0.2) is 9.66 Å². The van der Waals surface area contributed by atoms with Gasteiger partial charge in [-0.05, 0) is 198 Å². The van der Waals surface area contributed by atoms with Crippen molar-refractivity contribution in [2.45, 2.75) is 222 Å². The number of fused-ring (bicyclic) bond motifs is 24. The van der Waals surface area contributed by atoms with Crippen LogP contribution in [0, 0.1) is 111 Å². The molecule has 26 heteroatoms. The van der Waals surface area contributed by atoms with Gasteiger partial charge in [0, 0.05) is 159 Å². The van der Waals surface area contributed by atoms with Crippen molar-refractivity contribution in [2.75, 3.05) is 14.1 Å². The highest BCUT2D eigenvalue weighted by Gasteiger charge is 2.38. The number of carbonyl (C=O) groups excluding carboxylic acids is 4. The molecule has 0 radical (unpaired) electrons. The summed E-state index contributed by atoms with van der Waals surface area (Å²) < 4.78 is 28.5. The maximum atomic E-state index is 12.3. The molecule has 1 aliphatic carbocycles. The van der Waals surface area contributed by atoms with Crippen LogP contribution in [-0.4, -0.2) is 76.6 Å². The second-order valence-electron chi connectivity index (χ2n) is 33.7. The molecule has 28 rings (SSSR count). The Balaban J connectivity index is 0.000000139. The Hall–Kier alpha value is -10.5. The van der Waals surface area contributed by atoms with Gasteiger partial charge in [0.05, 0.1) is 98.2 Å². The van der Waals surface area contributed by atoms with Crippen LogP contribution < -0.4 is 0 Å². The van der Waals surface area contributed by atoms with Crippen LogP contribution in [-0.2, 0) is 14.1 Å². The number of thiophene rings is 12. The zero-order valence-corrected chi connectivity index (χ0v) is 103. The lowest BCUT2D eigenvalue weighted by Crippen LogP contribution is -2.40. The highest BCUT2D eigenvalue weighted by atomic mass is 32.2. The Morgan fingerprint density at radius 3 is 0.818 bits per heavy atom. The van der Waals surface area contributed by atoms with Gasteiger partial charge < -0.3 is 9.13 Å². The number of hydrogen-bond acceptors (Lipinski definition) is 22. The summed E-state index contributed by atoms with van der Waals surface area (Å²) in [5, 5.41) is 11.1. The van der Waals surface area contributed by atoms with Crippen LogP contribution in [0.3, 0.4) is 0 Å². The van der Waals surface area contributed by atoms with Crippen molar-refractivity contribution in [2.24, 2.45) is 14.1 Å². The van der Waals surface area contributed by atoms with Gasteiger partial charge in [-0.1, -0.05) is 243 Å². The standard InChI is InChI=1S/C18H12N2S.C16H10N2O4.C14H12S4.C14H8S2.C13H15NS2.C13H11N.C12H12S3.C6H6N2S2.8C2H6/c1-9-15-16(10(2)21-9)20-18-13-8-4-6-11-5-3-7-12(14(11)13)17(18)19-15;1-17-13(19)7-3-5-9-12-10(16(22)18(2)15(9)21)6-4-8(11(7)12)14(17)20;1-5-7(3)15-11-9(5)17-14-12-10(18-13(11)14)6(2)8(4)16-12;1-3-7-11-9(5-1)13-14(15-11)10-6-2-4-8-12(10)16-13;1-6-8(3)15-12-10(6)14(5)11-7(2)9(4)16-13(11)12;1-14-12-8-4-2-6-10(12)11-7-3-5-9-13(11)14;1-5-7(3)13-11-9(5)15-10-6(2)8(4)14-12(10)11;1-3-7-5-6(9-3)8-4(2)10-5;8*1-2/h3-8H,1-2H3;3-6H,1-2H3;1-4H3;1-8H;1-5H3;2-9H,1H3;1-4H3;1-2H3;8*1-2H3. The van der Waals surface area contributed by atoms with Crippen LogP contribution in [0.4, 0.5) is 0 Å². The monoisotopic (exact) mass is 2220 g/mol. The number of aryl methyl sites for hydroxylation is 18. The predicted octanol–water partition coefficient (Wildman–Crippen LogP) is 42.3. The van der Waals surface area contributed by atoms with Gasteiger partial charge in [0.25, 0.3) is 23.6 Å². The average molecular weight is 2230 g/mol. The molecule has 17 aromatic heterocycles. The number of nitrogens with zero attached hydrogens (tertiary/aromatic N) is 8. The Morgan fingerprint density at radius 1 is 0.216 bits per heavy atom. The Morgan fingerprint density at radius 2 is 0.493 bits per heavy atom. The highest BCUT2D eigenvalue weighted by molar-refractivity contribution is 7.45. The molecular weight excluding hydrogens is 2090 g/mol. The number of para-hydroxylation sites is 2. The molecule has 12 nitrogen and oxygen atoms in total. The van der Waals surface area contributed by atoms with E-state index in [0.29, 0.717) is 33.0 Å². The second-order valence-corrected chi connectivity index (χ2v) is 50.0. The first-order chi connectivity index (χ1) is 71.4. The van der Waals surface area contributed by atoms with Gasteiger partial charge in [0.1, 0.15) is 11.0 Å². The van der Waals surface area contributed by atoms with Gasteiger partial charge in [-0.25, -0.2) is 19.9 Å². The summed E-state index contributed by atoms with van der Waals surface area (Å²) in [6, 6.07) is 53.4. The quantitative estimate of drug-likeness (QED) is 0.137. The average Bonchev–Trinajstić information content (AvgIpc) is 1.08. The van der Waals surface area contributed by atoms with E-state index >= 15 is 0 Å². The molecule has 25 aromatic rings. The van der Waals surface area contributed by atoms with Crippen molar-refractivity contribution in [1.82, 2.24) is 38.9 Å².